The number of Topliss-reactive ketones (excluding diaryl/α,β-unsaturated/α-hetero) is 1. The van der Waals surface area contributed by atoms with Gasteiger partial charge in [-0.1, -0.05) is 24.3 Å². The van der Waals surface area contributed by atoms with E-state index in [0.29, 0.717) is 10.5 Å². The quantitative estimate of drug-likeness (QED) is 0.359. The third-order valence-electron chi connectivity index (χ3n) is 3.25. The Balaban J connectivity index is 2.11. The van der Waals surface area contributed by atoms with Gasteiger partial charge in [-0.15, -0.1) is 11.8 Å². The maximum atomic E-state index is 12.2. The van der Waals surface area contributed by atoms with Crippen LogP contribution >= 0.6 is 11.8 Å². The zero-order valence-electron chi connectivity index (χ0n) is 11.8. The molecule has 0 radical (unpaired) electrons. The van der Waals surface area contributed by atoms with E-state index >= 15 is 0 Å². The summed E-state index contributed by atoms with van der Waals surface area (Å²) in [5.41, 5.74) is 2.88. The highest BCUT2D eigenvalue weighted by atomic mass is 32.2. The van der Waals surface area contributed by atoms with Crippen molar-refractivity contribution in [2.45, 2.75) is 18.7 Å². The van der Waals surface area contributed by atoms with Crippen LogP contribution in [-0.2, 0) is 0 Å². The van der Waals surface area contributed by atoms with Gasteiger partial charge in [0, 0.05) is 11.6 Å². The molecule has 2 aromatic rings. The van der Waals surface area contributed by atoms with Crippen molar-refractivity contribution in [2.75, 3.05) is 5.75 Å². The molecule has 21 heavy (non-hydrogen) atoms. The number of carbonyl (C=O) groups is 1. The molecule has 0 fully saturated rings. The Labute approximate surface area is 127 Å². The first-order chi connectivity index (χ1) is 9.99. The Morgan fingerprint density at radius 1 is 1.14 bits per heavy atom. The molecule has 0 saturated heterocycles. The van der Waals surface area contributed by atoms with Gasteiger partial charge in [0.1, 0.15) is 0 Å². The largest absolute Gasteiger partial charge is 0.293 e. The number of rotatable bonds is 5. The van der Waals surface area contributed by atoms with Crippen LogP contribution in [0, 0.1) is 24.0 Å². The molecule has 0 N–H and O–H groups in total. The fourth-order valence-corrected chi connectivity index (χ4v) is 2.79. The van der Waals surface area contributed by atoms with Crippen molar-refractivity contribution in [2.24, 2.45) is 0 Å². The summed E-state index contributed by atoms with van der Waals surface area (Å²) < 4.78 is 0. The molecule has 2 rings (SSSR count). The lowest BCUT2D eigenvalue weighted by Gasteiger charge is -2.05. The number of hydrogen-bond acceptors (Lipinski definition) is 4. The van der Waals surface area contributed by atoms with Crippen LogP contribution in [-0.4, -0.2) is 16.5 Å². The summed E-state index contributed by atoms with van der Waals surface area (Å²) in [4.78, 5) is 23.2. The number of thioether (sulfide) groups is 1. The topological polar surface area (TPSA) is 60.2 Å². The molecule has 0 atom stereocenters. The van der Waals surface area contributed by atoms with Gasteiger partial charge < -0.3 is 0 Å². The standard InChI is InChI=1S/C16H15NO3S/c1-11-7-8-13(9-12(11)2)15(18)10-21-16-6-4-3-5-14(16)17(19)20/h3-9H,10H2,1-2H3. The number of hydrogen-bond donors (Lipinski definition) is 0. The average molecular weight is 301 g/mol. The van der Waals surface area contributed by atoms with Crippen LogP contribution in [0.1, 0.15) is 21.5 Å². The van der Waals surface area contributed by atoms with Crippen molar-refractivity contribution in [3.8, 4) is 0 Å². The number of ketones is 1. The second-order valence-corrected chi connectivity index (χ2v) is 5.75. The summed E-state index contributed by atoms with van der Waals surface area (Å²) >= 11 is 1.20. The van der Waals surface area contributed by atoms with Crippen molar-refractivity contribution in [1.29, 1.82) is 0 Å². The van der Waals surface area contributed by atoms with Crippen LogP contribution in [0.15, 0.2) is 47.4 Å². The van der Waals surface area contributed by atoms with E-state index in [4.69, 9.17) is 0 Å². The van der Waals surface area contributed by atoms with Crippen LogP contribution in [0.5, 0.6) is 0 Å². The highest BCUT2D eigenvalue weighted by Gasteiger charge is 2.15. The first-order valence-electron chi connectivity index (χ1n) is 6.45. The fraction of sp³-hybridized carbons (Fsp3) is 0.188. The molecule has 0 aromatic heterocycles. The van der Waals surface area contributed by atoms with Crippen molar-refractivity contribution in [3.63, 3.8) is 0 Å². The first kappa shape index (κ1) is 15.3. The van der Waals surface area contributed by atoms with Crippen LogP contribution in [0.25, 0.3) is 0 Å². The van der Waals surface area contributed by atoms with E-state index in [1.54, 1.807) is 24.3 Å². The van der Waals surface area contributed by atoms with Gasteiger partial charge in [0.2, 0.25) is 0 Å². The molecule has 0 amide bonds. The van der Waals surface area contributed by atoms with Crippen molar-refractivity contribution < 1.29 is 9.72 Å². The molecule has 0 aliphatic carbocycles. The minimum Gasteiger partial charge on any atom is -0.293 e. The number of benzene rings is 2. The molecule has 2 aromatic carbocycles. The lowest BCUT2D eigenvalue weighted by Crippen LogP contribution is -2.03. The van der Waals surface area contributed by atoms with Gasteiger partial charge in [0.05, 0.1) is 15.6 Å². The highest BCUT2D eigenvalue weighted by molar-refractivity contribution is 8.00. The minimum atomic E-state index is -0.428. The van der Waals surface area contributed by atoms with Gasteiger partial charge in [-0.05, 0) is 37.1 Å². The Bertz CT molecular complexity index is 698. The van der Waals surface area contributed by atoms with Crippen molar-refractivity contribution in [1.82, 2.24) is 0 Å². The Morgan fingerprint density at radius 3 is 2.52 bits per heavy atom. The van der Waals surface area contributed by atoms with Gasteiger partial charge in [-0.3, -0.25) is 14.9 Å². The molecule has 0 saturated carbocycles. The van der Waals surface area contributed by atoms with Crippen molar-refractivity contribution in [3.05, 3.63) is 69.3 Å². The molecule has 0 heterocycles. The Morgan fingerprint density at radius 2 is 1.86 bits per heavy atom. The monoisotopic (exact) mass is 301 g/mol. The summed E-state index contributed by atoms with van der Waals surface area (Å²) in [6.07, 6.45) is 0. The Kier molecular flexibility index (Phi) is 4.75. The number of carbonyl (C=O) groups excluding carboxylic acids is 1. The normalized spacial score (nSPS) is 10.4. The molecule has 0 bridgehead atoms. The van der Waals surface area contributed by atoms with Crippen LogP contribution in [0.3, 0.4) is 0 Å². The molecule has 4 nitrogen and oxygen atoms in total. The fourth-order valence-electron chi connectivity index (χ4n) is 1.87. The number of aryl methyl sites for hydroxylation is 2. The summed E-state index contributed by atoms with van der Waals surface area (Å²) in [6, 6.07) is 12.0. The van der Waals surface area contributed by atoms with E-state index in [0.717, 1.165) is 11.1 Å². The summed E-state index contributed by atoms with van der Waals surface area (Å²) in [6.45, 7) is 3.95. The summed E-state index contributed by atoms with van der Waals surface area (Å²) in [5, 5.41) is 10.9. The smallest absolute Gasteiger partial charge is 0.282 e. The van der Waals surface area contributed by atoms with E-state index in [2.05, 4.69) is 0 Å². The van der Waals surface area contributed by atoms with Crippen LogP contribution < -0.4 is 0 Å². The number of nitrogens with zero attached hydrogens (tertiary/aromatic N) is 1. The van der Waals surface area contributed by atoms with E-state index < -0.39 is 4.92 Å². The average Bonchev–Trinajstić information content (AvgIpc) is 2.47. The van der Waals surface area contributed by atoms with Crippen LogP contribution in [0.2, 0.25) is 0 Å². The maximum absolute atomic E-state index is 12.2. The second kappa shape index (κ2) is 6.54. The molecule has 108 valence electrons. The van der Waals surface area contributed by atoms with Gasteiger partial charge in [0.25, 0.3) is 5.69 Å². The SMILES string of the molecule is Cc1ccc(C(=O)CSc2ccccc2[N+](=O)[O-])cc1C. The van der Waals surface area contributed by atoms with E-state index in [-0.39, 0.29) is 17.2 Å². The first-order valence-corrected chi connectivity index (χ1v) is 7.44. The molecule has 0 aliphatic rings. The van der Waals surface area contributed by atoms with E-state index in [1.807, 2.05) is 26.0 Å². The van der Waals surface area contributed by atoms with Crippen LogP contribution in [0.4, 0.5) is 5.69 Å². The molecule has 5 heteroatoms. The lowest BCUT2D eigenvalue weighted by atomic mass is 10.0. The molecule has 0 aliphatic heterocycles. The third kappa shape index (κ3) is 3.70. The van der Waals surface area contributed by atoms with Gasteiger partial charge in [0.15, 0.2) is 5.78 Å². The highest BCUT2D eigenvalue weighted by Crippen LogP contribution is 2.29. The predicted octanol–water partition coefficient (Wildman–Crippen LogP) is 4.19. The zero-order chi connectivity index (χ0) is 15.4. The van der Waals surface area contributed by atoms with Gasteiger partial charge >= 0.3 is 0 Å². The van der Waals surface area contributed by atoms with Gasteiger partial charge in [-0.2, -0.15) is 0 Å². The minimum absolute atomic E-state index is 0.0266. The third-order valence-corrected chi connectivity index (χ3v) is 4.31. The lowest BCUT2D eigenvalue weighted by molar-refractivity contribution is -0.387. The molecule has 0 unspecified atom stereocenters. The molecular weight excluding hydrogens is 286 g/mol. The number of nitro groups is 1. The molecular formula is C16H15NO3S. The number of para-hydroxylation sites is 1. The summed E-state index contributed by atoms with van der Waals surface area (Å²) in [5.74, 6) is 0.161. The van der Waals surface area contributed by atoms with E-state index in [1.165, 1.54) is 17.8 Å². The maximum Gasteiger partial charge on any atom is 0.282 e. The second-order valence-electron chi connectivity index (χ2n) is 4.74. The van der Waals surface area contributed by atoms with E-state index in [9.17, 15) is 14.9 Å². The van der Waals surface area contributed by atoms with Crippen molar-refractivity contribution >= 4 is 23.2 Å². The van der Waals surface area contributed by atoms with Gasteiger partial charge in [-0.25, -0.2) is 0 Å². The molecule has 0 spiro atoms. The summed E-state index contributed by atoms with van der Waals surface area (Å²) in [7, 11) is 0. The predicted molar refractivity (Wildman–Crippen MR) is 84.1 cm³/mol. The number of nitro benzene ring substituents is 1. The Hall–Kier alpha value is -2.14. The zero-order valence-corrected chi connectivity index (χ0v) is 12.6.